The summed E-state index contributed by atoms with van der Waals surface area (Å²) in [6.45, 7) is 9.66. The van der Waals surface area contributed by atoms with Crippen molar-refractivity contribution >= 4 is 11.6 Å². The number of nitrogens with zero attached hydrogens (tertiary/aromatic N) is 2. The molecule has 1 N–H and O–H groups in total. The third kappa shape index (κ3) is 3.72. The lowest BCUT2D eigenvalue weighted by atomic mass is 9.93. The second-order valence-corrected chi connectivity index (χ2v) is 5.48. The summed E-state index contributed by atoms with van der Waals surface area (Å²) < 4.78 is 1.92. The fraction of sp³-hybridized carbons (Fsp3) is 0.786. The molecule has 2 unspecified atom stereocenters. The first-order valence-corrected chi connectivity index (χ1v) is 7.30. The molecule has 0 saturated heterocycles. The second kappa shape index (κ2) is 7.15. The minimum Gasteiger partial charge on any atom is -0.314 e. The maximum Gasteiger partial charge on any atom is 0.0847 e. The van der Waals surface area contributed by atoms with E-state index in [4.69, 9.17) is 11.6 Å². The largest absolute Gasteiger partial charge is 0.314 e. The van der Waals surface area contributed by atoms with E-state index in [0.717, 1.165) is 29.4 Å². The molecule has 1 aromatic heterocycles. The molecule has 3 nitrogen and oxygen atoms in total. The summed E-state index contributed by atoms with van der Waals surface area (Å²) in [7, 11) is 1.97. The van der Waals surface area contributed by atoms with E-state index in [0.29, 0.717) is 12.0 Å². The molecule has 0 radical (unpaired) electrons. The fourth-order valence-electron chi connectivity index (χ4n) is 2.50. The van der Waals surface area contributed by atoms with Gasteiger partial charge in [-0.1, -0.05) is 38.8 Å². The number of nitrogens with one attached hydrogen (secondary N) is 1. The van der Waals surface area contributed by atoms with Gasteiger partial charge in [0, 0.05) is 19.5 Å². The number of likely N-dealkylation sites (N-methyl/N-ethyl adjacent to an activating group) is 1. The van der Waals surface area contributed by atoms with Gasteiger partial charge in [-0.15, -0.1) is 0 Å². The predicted octanol–water partition coefficient (Wildman–Crippen LogP) is 3.34. The van der Waals surface area contributed by atoms with Crippen LogP contribution >= 0.6 is 11.6 Å². The normalized spacial score (nSPS) is 14.8. The first-order chi connectivity index (χ1) is 8.51. The van der Waals surface area contributed by atoms with E-state index in [-0.39, 0.29) is 0 Å². The van der Waals surface area contributed by atoms with Gasteiger partial charge in [0.2, 0.25) is 0 Å². The van der Waals surface area contributed by atoms with Gasteiger partial charge in [-0.05, 0) is 25.8 Å². The molecule has 0 aliphatic rings. The van der Waals surface area contributed by atoms with Gasteiger partial charge in [-0.25, -0.2) is 0 Å². The predicted molar refractivity (Wildman–Crippen MR) is 78.2 cm³/mol. The van der Waals surface area contributed by atoms with Crippen molar-refractivity contribution in [3.63, 3.8) is 0 Å². The van der Waals surface area contributed by atoms with Crippen molar-refractivity contribution in [1.29, 1.82) is 0 Å². The Balaban J connectivity index is 2.82. The molecule has 0 amide bonds. The summed E-state index contributed by atoms with van der Waals surface area (Å²) in [5.41, 5.74) is 2.07. The van der Waals surface area contributed by atoms with Gasteiger partial charge < -0.3 is 5.32 Å². The molecule has 104 valence electrons. The van der Waals surface area contributed by atoms with Crippen LogP contribution in [0.4, 0.5) is 0 Å². The lowest BCUT2D eigenvalue weighted by Gasteiger charge is -2.24. The average Bonchev–Trinajstić information content (AvgIpc) is 2.55. The minimum absolute atomic E-state index is 0.474. The Morgan fingerprint density at radius 3 is 2.50 bits per heavy atom. The molecule has 0 bridgehead atoms. The van der Waals surface area contributed by atoms with E-state index in [1.807, 2.05) is 18.7 Å². The number of halogens is 1. The van der Waals surface area contributed by atoms with Crippen LogP contribution in [0.3, 0.4) is 0 Å². The van der Waals surface area contributed by atoms with Crippen molar-refractivity contribution in [2.45, 2.75) is 53.0 Å². The van der Waals surface area contributed by atoms with E-state index in [1.54, 1.807) is 0 Å². The van der Waals surface area contributed by atoms with Gasteiger partial charge in [0.05, 0.1) is 16.4 Å². The Labute approximate surface area is 116 Å². The zero-order valence-electron chi connectivity index (χ0n) is 12.3. The van der Waals surface area contributed by atoms with Crippen molar-refractivity contribution in [1.82, 2.24) is 15.1 Å². The Morgan fingerprint density at radius 1 is 1.39 bits per heavy atom. The number of hydrogen-bond acceptors (Lipinski definition) is 2. The van der Waals surface area contributed by atoms with E-state index >= 15 is 0 Å². The average molecular weight is 272 g/mol. The fourth-order valence-corrected chi connectivity index (χ4v) is 2.74. The van der Waals surface area contributed by atoms with Crippen LogP contribution in [-0.4, -0.2) is 22.4 Å². The molecule has 0 saturated carbocycles. The molecular weight excluding hydrogens is 246 g/mol. The molecular formula is C14H26ClN3. The van der Waals surface area contributed by atoms with E-state index in [1.165, 1.54) is 12.8 Å². The number of aromatic nitrogens is 2. The van der Waals surface area contributed by atoms with Gasteiger partial charge in [-0.3, -0.25) is 4.68 Å². The van der Waals surface area contributed by atoms with Crippen molar-refractivity contribution in [3.8, 4) is 0 Å². The number of rotatable bonds is 7. The number of hydrogen-bond donors (Lipinski definition) is 1. The molecule has 0 aromatic carbocycles. The molecule has 2 atom stereocenters. The first-order valence-electron chi connectivity index (χ1n) is 6.92. The summed E-state index contributed by atoms with van der Waals surface area (Å²) >= 11 is 6.33. The molecule has 1 rings (SSSR count). The van der Waals surface area contributed by atoms with Crippen LogP contribution in [0.5, 0.6) is 0 Å². The molecule has 1 heterocycles. The van der Waals surface area contributed by atoms with Crippen molar-refractivity contribution < 1.29 is 0 Å². The highest BCUT2D eigenvalue weighted by atomic mass is 35.5. The van der Waals surface area contributed by atoms with Crippen LogP contribution in [0.15, 0.2) is 0 Å². The monoisotopic (exact) mass is 271 g/mol. The zero-order chi connectivity index (χ0) is 13.7. The highest BCUT2D eigenvalue weighted by molar-refractivity contribution is 6.31. The summed E-state index contributed by atoms with van der Waals surface area (Å²) in [6, 6.07) is 0.474. The van der Waals surface area contributed by atoms with Crippen LogP contribution in [0.25, 0.3) is 0 Å². The van der Waals surface area contributed by atoms with Gasteiger partial charge in [0.15, 0.2) is 0 Å². The maximum absolute atomic E-state index is 6.33. The zero-order valence-corrected chi connectivity index (χ0v) is 13.0. The highest BCUT2D eigenvalue weighted by Gasteiger charge is 2.20. The van der Waals surface area contributed by atoms with Crippen molar-refractivity contribution in [2.24, 2.45) is 13.0 Å². The summed E-state index contributed by atoms with van der Waals surface area (Å²) in [4.78, 5) is 0. The summed E-state index contributed by atoms with van der Waals surface area (Å²) in [5, 5.41) is 8.79. The highest BCUT2D eigenvalue weighted by Crippen LogP contribution is 2.23. The van der Waals surface area contributed by atoms with E-state index < -0.39 is 0 Å². The molecule has 0 aliphatic carbocycles. The maximum atomic E-state index is 6.33. The Bertz CT molecular complexity index is 373. The van der Waals surface area contributed by atoms with Gasteiger partial charge in [0.1, 0.15) is 0 Å². The molecule has 0 spiro atoms. The Kier molecular flexibility index (Phi) is 6.16. The minimum atomic E-state index is 0.474. The van der Waals surface area contributed by atoms with E-state index in [9.17, 15) is 0 Å². The third-order valence-corrected chi connectivity index (χ3v) is 4.06. The topological polar surface area (TPSA) is 29.9 Å². The Morgan fingerprint density at radius 2 is 2.06 bits per heavy atom. The molecule has 0 fully saturated rings. The SMILES string of the molecule is CCCC(C)C(Cc1c(Cl)c(C)nn1C)NCC. The second-order valence-electron chi connectivity index (χ2n) is 5.10. The summed E-state index contributed by atoms with van der Waals surface area (Å²) in [5.74, 6) is 0.654. The van der Waals surface area contributed by atoms with Crippen molar-refractivity contribution in [2.75, 3.05) is 6.54 Å². The number of aryl methyl sites for hydroxylation is 2. The van der Waals surface area contributed by atoms with Crippen LogP contribution in [0.1, 0.15) is 45.0 Å². The van der Waals surface area contributed by atoms with Crippen LogP contribution < -0.4 is 5.32 Å². The Hall–Kier alpha value is -0.540. The molecule has 4 heteroatoms. The first kappa shape index (κ1) is 15.5. The standard InChI is InChI=1S/C14H26ClN3/c1-6-8-10(3)12(16-7-2)9-13-14(15)11(4)17-18(13)5/h10,12,16H,6-9H2,1-5H3. The van der Waals surface area contributed by atoms with Gasteiger partial charge in [0.25, 0.3) is 0 Å². The van der Waals surface area contributed by atoms with Crippen molar-refractivity contribution in [3.05, 3.63) is 16.4 Å². The molecule has 1 aromatic rings. The molecule has 0 aliphatic heterocycles. The van der Waals surface area contributed by atoms with Crippen LogP contribution in [0.2, 0.25) is 5.02 Å². The van der Waals surface area contributed by atoms with Crippen LogP contribution in [-0.2, 0) is 13.5 Å². The lowest BCUT2D eigenvalue weighted by Crippen LogP contribution is -2.37. The smallest absolute Gasteiger partial charge is 0.0847 e. The van der Waals surface area contributed by atoms with Gasteiger partial charge >= 0.3 is 0 Å². The summed E-state index contributed by atoms with van der Waals surface area (Å²) in [6.07, 6.45) is 3.42. The van der Waals surface area contributed by atoms with Gasteiger partial charge in [-0.2, -0.15) is 5.10 Å². The van der Waals surface area contributed by atoms with Crippen LogP contribution in [0, 0.1) is 12.8 Å². The quantitative estimate of drug-likeness (QED) is 0.824. The van der Waals surface area contributed by atoms with E-state index in [2.05, 4.69) is 31.2 Å². The lowest BCUT2D eigenvalue weighted by molar-refractivity contribution is 0.352. The molecule has 18 heavy (non-hydrogen) atoms. The third-order valence-electron chi connectivity index (χ3n) is 3.57.